The van der Waals surface area contributed by atoms with E-state index in [-0.39, 0.29) is 4.21 Å². The zero-order valence-corrected chi connectivity index (χ0v) is 12.0. The summed E-state index contributed by atoms with van der Waals surface area (Å²) in [5.74, 6) is 0.117. The van der Waals surface area contributed by atoms with Crippen molar-refractivity contribution in [2.24, 2.45) is 0 Å². The molecule has 106 valence electrons. The third kappa shape index (κ3) is 2.56. The Hall–Kier alpha value is -1.44. The smallest absolute Gasteiger partial charge is 0.250 e. The van der Waals surface area contributed by atoms with E-state index < -0.39 is 21.9 Å². The van der Waals surface area contributed by atoms with Gasteiger partial charge in [0.05, 0.1) is 12.6 Å². The molecule has 0 aliphatic carbocycles. The van der Waals surface area contributed by atoms with Crippen molar-refractivity contribution in [2.45, 2.75) is 16.7 Å². The molecule has 0 spiro atoms. The van der Waals surface area contributed by atoms with Gasteiger partial charge in [-0.2, -0.15) is 0 Å². The lowest BCUT2D eigenvalue weighted by molar-refractivity contribution is 0.262. The highest BCUT2D eigenvalue weighted by molar-refractivity contribution is 7.91. The lowest BCUT2D eigenvalue weighted by Gasteiger charge is -2.26. The molecule has 7 heteroatoms. The van der Waals surface area contributed by atoms with Gasteiger partial charge in [-0.3, -0.25) is 0 Å². The fourth-order valence-corrected chi connectivity index (χ4v) is 4.41. The summed E-state index contributed by atoms with van der Waals surface area (Å²) in [7, 11) is -3.58. The van der Waals surface area contributed by atoms with E-state index in [4.69, 9.17) is 4.74 Å². The molecule has 4 nitrogen and oxygen atoms in total. The van der Waals surface area contributed by atoms with Crippen LogP contribution in [-0.2, 0) is 10.0 Å². The second kappa shape index (κ2) is 5.16. The Balaban J connectivity index is 1.92. The molecule has 0 radical (unpaired) electrons. The first-order chi connectivity index (χ1) is 9.56. The Morgan fingerprint density at radius 1 is 1.35 bits per heavy atom. The lowest BCUT2D eigenvalue weighted by atomic mass is 10.0. The van der Waals surface area contributed by atoms with Crippen LogP contribution in [-0.4, -0.2) is 15.0 Å². The van der Waals surface area contributed by atoms with Gasteiger partial charge >= 0.3 is 0 Å². The minimum absolute atomic E-state index is 0.252. The molecule has 1 unspecified atom stereocenters. The first-order valence-electron chi connectivity index (χ1n) is 6.04. The summed E-state index contributed by atoms with van der Waals surface area (Å²) >= 11 is 1.15. The molecular formula is C13H12FNO3S2. The first-order valence-corrected chi connectivity index (χ1v) is 8.40. The summed E-state index contributed by atoms with van der Waals surface area (Å²) in [6.45, 7) is 0.399. The summed E-state index contributed by atoms with van der Waals surface area (Å²) in [4.78, 5) is 0. The Bertz CT molecular complexity index is 713. The molecule has 0 fully saturated rings. The molecule has 1 aliphatic heterocycles. The molecule has 0 bridgehead atoms. The lowest BCUT2D eigenvalue weighted by Crippen LogP contribution is -2.31. The SMILES string of the molecule is O=S(=O)(NC1CCOc2ccc(F)cc21)c1cccs1. The van der Waals surface area contributed by atoms with Crippen molar-refractivity contribution >= 4 is 21.4 Å². The Morgan fingerprint density at radius 2 is 2.20 bits per heavy atom. The van der Waals surface area contributed by atoms with E-state index >= 15 is 0 Å². The molecule has 1 aliphatic rings. The van der Waals surface area contributed by atoms with Gasteiger partial charge in [0.1, 0.15) is 15.8 Å². The van der Waals surface area contributed by atoms with Crippen LogP contribution in [0.5, 0.6) is 5.75 Å². The van der Waals surface area contributed by atoms with Gasteiger partial charge in [0.2, 0.25) is 0 Å². The quantitative estimate of drug-likeness (QED) is 0.948. The van der Waals surface area contributed by atoms with Gasteiger partial charge < -0.3 is 4.74 Å². The third-order valence-corrected chi connectivity index (χ3v) is 5.94. The standard InChI is InChI=1S/C13H12FNO3S2/c14-9-3-4-12-10(8-9)11(5-6-18-12)15-20(16,17)13-2-1-7-19-13/h1-4,7-8,11,15H,5-6H2. The summed E-state index contributed by atoms with van der Waals surface area (Å²) < 4.78 is 46.1. The van der Waals surface area contributed by atoms with Crippen LogP contribution in [0.25, 0.3) is 0 Å². The van der Waals surface area contributed by atoms with Gasteiger partial charge in [0.25, 0.3) is 10.0 Å². The van der Waals surface area contributed by atoms with Gasteiger partial charge in [-0.1, -0.05) is 6.07 Å². The molecule has 1 N–H and O–H groups in total. The van der Waals surface area contributed by atoms with E-state index in [0.29, 0.717) is 24.3 Å². The highest BCUT2D eigenvalue weighted by atomic mass is 32.2. The number of ether oxygens (including phenoxy) is 1. The number of thiophene rings is 1. The molecule has 0 saturated heterocycles. The molecule has 1 atom stereocenters. The monoisotopic (exact) mass is 313 g/mol. The van der Waals surface area contributed by atoms with E-state index in [2.05, 4.69) is 4.72 Å². The van der Waals surface area contributed by atoms with Crippen LogP contribution in [0, 0.1) is 5.82 Å². The maximum absolute atomic E-state index is 13.3. The van der Waals surface area contributed by atoms with Crippen molar-refractivity contribution in [3.63, 3.8) is 0 Å². The van der Waals surface area contributed by atoms with Crippen LogP contribution in [0.1, 0.15) is 18.0 Å². The molecule has 1 aromatic heterocycles. The fraction of sp³-hybridized carbons (Fsp3) is 0.231. The Morgan fingerprint density at radius 3 is 2.95 bits per heavy atom. The van der Waals surface area contributed by atoms with Gasteiger partial charge in [-0.25, -0.2) is 17.5 Å². The van der Waals surface area contributed by atoms with Crippen molar-refractivity contribution in [1.29, 1.82) is 0 Å². The Kier molecular flexibility index (Phi) is 3.49. The predicted octanol–water partition coefficient (Wildman–Crippen LogP) is 2.69. The molecule has 2 heterocycles. The van der Waals surface area contributed by atoms with Crippen molar-refractivity contribution in [2.75, 3.05) is 6.61 Å². The van der Waals surface area contributed by atoms with Crippen LogP contribution in [0.3, 0.4) is 0 Å². The summed E-state index contributed by atoms with van der Waals surface area (Å²) in [6.07, 6.45) is 0.473. The molecule has 0 amide bonds. The van der Waals surface area contributed by atoms with Gasteiger partial charge in [-0.05, 0) is 29.6 Å². The number of hydrogen-bond donors (Lipinski definition) is 1. The number of rotatable bonds is 3. The van der Waals surface area contributed by atoms with Crippen LogP contribution >= 0.6 is 11.3 Å². The molecule has 0 saturated carbocycles. The molecular weight excluding hydrogens is 301 g/mol. The zero-order chi connectivity index (χ0) is 14.2. The van der Waals surface area contributed by atoms with E-state index in [0.717, 1.165) is 11.3 Å². The largest absolute Gasteiger partial charge is 0.493 e. The number of fused-ring (bicyclic) bond motifs is 1. The van der Waals surface area contributed by atoms with Gasteiger partial charge in [0, 0.05) is 12.0 Å². The van der Waals surface area contributed by atoms with Gasteiger partial charge in [0.15, 0.2) is 0 Å². The minimum atomic E-state index is -3.58. The van der Waals surface area contributed by atoms with E-state index in [9.17, 15) is 12.8 Å². The number of hydrogen-bond acceptors (Lipinski definition) is 4. The fourth-order valence-electron chi connectivity index (χ4n) is 2.15. The van der Waals surface area contributed by atoms with Crippen LogP contribution in [0.2, 0.25) is 0 Å². The van der Waals surface area contributed by atoms with Crippen molar-refractivity contribution in [3.05, 3.63) is 47.1 Å². The average Bonchev–Trinajstić information content (AvgIpc) is 2.94. The van der Waals surface area contributed by atoms with E-state index in [1.54, 1.807) is 17.5 Å². The number of nitrogens with one attached hydrogen (secondary N) is 1. The highest BCUT2D eigenvalue weighted by Gasteiger charge is 2.27. The van der Waals surface area contributed by atoms with Gasteiger partial charge in [-0.15, -0.1) is 11.3 Å². The van der Waals surface area contributed by atoms with E-state index in [1.165, 1.54) is 18.2 Å². The third-order valence-electron chi connectivity index (χ3n) is 3.07. The highest BCUT2D eigenvalue weighted by Crippen LogP contribution is 2.33. The Labute approximate surface area is 120 Å². The first kappa shape index (κ1) is 13.5. The normalized spacial score (nSPS) is 18.4. The van der Waals surface area contributed by atoms with Crippen LogP contribution < -0.4 is 9.46 Å². The van der Waals surface area contributed by atoms with Crippen molar-refractivity contribution in [1.82, 2.24) is 4.72 Å². The van der Waals surface area contributed by atoms with Crippen LogP contribution in [0.15, 0.2) is 39.9 Å². The molecule has 1 aromatic carbocycles. The number of benzene rings is 1. The average molecular weight is 313 g/mol. The molecule has 20 heavy (non-hydrogen) atoms. The summed E-state index contributed by atoms with van der Waals surface area (Å²) in [5.41, 5.74) is 0.538. The second-order valence-electron chi connectivity index (χ2n) is 4.43. The number of sulfonamides is 1. The second-order valence-corrected chi connectivity index (χ2v) is 7.31. The number of halogens is 1. The zero-order valence-electron chi connectivity index (χ0n) is 10.4. The van der Waals surface area contributed by atoms with Crippen LogP contribution in [0.4, 0.5) is 4.39 Å². The maximum atomic E-state index is 13.3. The minimum Gasteiger partial charge on any atom is -0.493 e. The predicted molar refractivity (Wildman–Crippen MR) is 73.9 cm³/mol. The summed E-state index contributed by atoms with van der Waals surface area (Å²) in [6, 6.07) is 6.89. The maximum Gasteiger partial charge on any atom is 0.250 e. The molecule has 2 aromatic rings. The molecule has 3 rings (SSSR count). The summed E-state index contributed by atoms with van der Waals surface area (Å²) in [5, 5.41) is 1.70. The van der Waals surface area contributed by atoms with Crippen molar-refractivity contribution < 1.29 is 17.5 Å². The van der Waals surface area contributed by atoms with Crippen molar-refractivity contribution in [3.8, 4) is 5.75 Å². The topological polar surface area (TPSA) is 55.4 Å². The van der Waals surface area contributed by atoms with E-state index in [1.807, 2.05) is 0 Å².